The first-order valence-electron chi connectivity index (χ1n) is 13.5. The lowest BCUT2D eigenvalue weighted by Gasteiger charge is -2.25. The van der Waals surface area contributed by atoms with Crippen LogP contribution >= 0.6 is 23.2 Å². The minimum absolute atomic E-state index is 0.131. The Balaban J connectivity index is 1.28. The van der Waals surface area contributed by atoms with Gasteiger partial charge < -0.3 is 20.5 Å². The molecule has 0 unspecified atom stereocenters. The third-order valence-electron chi connectivity index (χ3n) is 6.76. The Labute approximate surface area is 254 Å². The third-order valence-corrected chi connectivity index (χ3v) is 7.09. The maximum absolute atomic E-state index is 13.1. The van der Waals surface area contributed by atoms with Gasteiger partial charge in [0.05, 0.1) is 17.5 Å². The number of nitrogens with zero attached hydrogens (tertiary/aromatic N) is 3. The van der Waals surface area contributed by atoms with E-state index in [4.69, 9.17) is 28.2 Å². The molecule has 8 nitrogen and oxygen atoms in total. The highest BCUT2D eigenvalue weighted by Gasteiger charge is 2.14. The molecule has 214 valence electrons. The van der Waals surface area contributed by atoms with Crippen LogP contribution in [0.3, 0.4) is 0 Å². The number of pyridine rings is 1. The molecule has 0 spiro atoms. The number of aromatic nitrogens is 3. The molecule has 0 bridgehead atoms. The lowest BCUT2D eigenvalue weighted by Crippen LogP contribution is -2.28. The molecule has 0 radical (unpaired) electrons. The maximum Gasteiger partial charge on any atom is 0.255 e. The summed E-state index contributed by atoms with van der Waals surface area (Å²) in [7, 11) is 0. The molecule has 10 heteroatoms. The summed E-state index contributed by atoms with van der Waals surface area (Å²) in [5, 5.41) is 5.92. The summed E-state index contributed by atoms with van der Waals surface area (Å²) in [6.07, 6.45) is 3.59. The number of amides is 2. The number of benzene rings is 3. The van der Waals surface area contributed by atoms with Gasteiger partial charge in [0, 0.05) is 65.4 Å². The Bertz CT molecular complexity index is 1700. The highest BCUT2D eigenvalue weighted by atomic mass is 35.5. The summed E-state index contributed by atoms with van der Waals surface area (Å²) in [6.45, 7) is 3.38. The summed E-state index contributed by atoms with van der Waals surface area (Å²) in [5.41, 5.74) is 7.02. The fraction of sp³-hybridized carbons (Fsp3) is 0.188. The number of hydrogen-bond acceptors (Lipinski definition) is 5. The van der Waals surface area contributed by atoms with Gasteiger partial charge >= 0.3 is 0 Å². The van der Waals surface area contributed by atoms with Gasteiger partial charge in [0.15, 0.2) is 0 Å². The number of aryl methyl sites for hydroxylation is 1. The van der Waals surface area contributed by atoms with Crippen LogP contribution in [0.25, 0.3) is 22.4 Å². The second kappa shape index (κ2) is 13.5. The molecule has 0 atom stereocenters. The number of H-pyrrole nitrogens is 1. The number of nitrogens with one attached hydrogen (secondary N) is 3. The molecule has 0 aliphatic rings. The monoisotopic (exact) mass is 600 g/mol. The van der Waals surface area contributed by atoms with Gasteiger partial charge in [-0.15, -0.1) is 23.2 Å². The number of fused-ring (bicyclic) bond motifs is 1. The Morgan fingerprint density at radius 3 is 2.45 bits per heavy atom. The van der Waals surface area contributed by atoms with Crippen LogP contribution in [0.1, 0.15) is 21.5 Å². The number of carbonyl (C=O) groups is 2. The largest absolute Gasteiger partial charge is 0.369 e. The number of anilines is 3. The molecular weight excluding hydrogens is 571 g/mol. The van der Waals surface area contributed by atoms with E-state index < -0.39 is 0 Å². The average molecular weight is 602 g/mol. The van der Waals surface area contributed by atoms with E-state index in [9.17, 15) is 9.59 Å². The topological polar surface area (TPSA) is 103 Å². The van der Waals surface area contributed by atoms with Crippen molar-refractivity contribution in [1.82, 2.24) is 15.0 Å². The predicted molar refractivity (Wildman–Crippen MR) is 171 cm³/mol. The van der Waals surface area contributed by atoms with Crippen molar-refractivity contribution >= 4 is 63.1 Å². The maximum atomic E-state index is 13.1. The fourth-order valence-electron chi connectivity index (χ4n) is 4.77. The zero-order valence-corrected chi connectivity index (χ0v) is 24.5. The van der Waals surface area contributed by atoms with Crippen LogP contribution in [-0.4, -0.2) is 51.6 Å². The quantitative estimate of drug-likeness (QED) is 0.147. The number of carbonyl (C=O) groups excluding carboxylic acids is 2. The number of imidazole rings is 1. The van der Waals surface area contributed by atoms with E-state index in [1.54, 1.807) is 30.6 Å². The van der Waals surface area contributed by atoms with Crippen molar-refractivity contribution in [2.75, 3.05) is 40.4 Å². The molecule has 2 amide bonds. The summed E-state index contributed by atoms with van der Waals surface area (Å²) in [5.74, 6) is 1.27. The highest BCUT2D eigenvalue weighted by Crippen LogP contribution is 2.26. The van der Waals surface area contributed by atoms with Crippen LogP contribution < -0.4 is 15.5 Å². The van der Waals surface area contributed by atoms with Crippen LogP contribution in [0.15, 0.2) is 85.2 Å². The van der Waals surface area contributed by atoms with Gasteiger partial charge in [-0.3, -0.25) is 14.6 Å². The number of aromatic amines is 1. The summed E-state index contributed by atoms with van der Waals surface area (Å²) < 4.78 is 0. The van der Waals surface area contributed by atoms with E-state index in [1.807, 2.05) is 61.5 Å². The van der Waals surface area contributed by atoms with Crippen molar-refractivity contribution in [1.29, 1.82) is 0 Å². The third kappa shape index (κ3) is 7.08. The number of hydrogen-bond donors (Lipinski definition) is 3. The molecule has 0 saturated carbocycles. The van der Waals surface area contributed by atoms with Crippen LogP contribution in [0, 0.1) is 6.92 Å². The molecule has 42 heavy (non-hydrogen) atoms. The molecule has 5 rings (SSSR count). The summed E-state index contributed by atoms with van der Waals surface area (Å²) in [6, 6.07) is 22.3. The van der Waals surface area contributed by atoms with Crippen LogP contribution in [-0.2, 0) is 11.2 Å². The molecule has 2 heterocycles. The van der Waals surface area contributed by atoms with Crippen molar-refractivity contribution < 1.29 is 9.59 Å². The molecule has 0 aliphatic carbocycles. The second-order valence-electron chi connectivity index (χ2n) is 9.80. The van der Waals surface area contributed by atoms with Gasteiger partial charge in [0.2, 0.25) is 5.91 Å². The smallest absolute Gasteiger partial charge is 0.255 e. The number of halogens is 2. The molecule has 5 aromatic rings. The molecule has 0 fully saturated rings. The standard InChI is InChI=1S/C32H30Cl2N6O2/c1-21-16-26(8-10-29(21)40(14-11-33)15-12-34)37-32(42)24-7-9-27-28(19-24)39-31(38-27)23-5-2-6-25(18-23)36-30(41)17-22-4-3-13-35-20-22/h2-10,13,16,18-20H,11-12,14-15,17H2,1H3,(H,36,41)(H,37,42)(H,38,39). The van der Waals surface area contributed by atoms with Crippen molar-refractivity contribution in [2.45, 2.75) is 13.3 Å². The minimum Gasteiger partial charge on any atom is -0.369 e. The SMILES string of the molecule is Cc1cc(NC(=O)c2ccc3[nH]c(-c4cccc(NC(=O)Cc5cccnc5)c4)nc3c2)ccc1N(CCCl)CCCl. The lowest BCUT2D eigenvalue weighted by molar-refractivity contribution is -0.115. The normalized spacial score (nSPS) is 10.9. The summed E-state index contributed by atoms with van der Waals surface area (Å²) in [4.78, 5) is 39.8. The van der Waals surface area contributed by atoms with Gasteiger partial charge in [-0.2, -0.15) is 0 Å². The zero-order valence-electron chi connectivity index (χ0n) is 23.0. The number of rotatable bonds is 11. The van der Waals surface area contributed by atoms with E-state index in [1.165, 1.54) is 0 Å². The van der Waals surface area contributed by atoms with Gasteiger partial charge in [0.25, 0.3) is 5.91 Å². The number of alkyl halides is 2. The van der Waals surface area contributed by atoms with Gasteiger partial charge in [0.1, 0.15) is 5.82 Å². The van der Waals surface area contributed by atoms with Gasteiger partial charge in [-0.05, 0) is 72.6 Å². The van der Waals surface area contributed by atoms with E-state index in [-0.39, 0.29) is 18.2 Å². The van der Waals surface area contributed by atoms with E-state index in [0.717, 1.165) is 27.9 Å². The van der Waals surface area contributed by atoms with Crippen LogP contribution in [0.4, 0.5) is 17.1 Å². The minimum atomic E-state index is -0.231. The van der Waals surface area contributed by atoms with Crippen LogP contribution in [0.5, 0.6) is 0 Å². The Hall–Kier alpha value is -4.40. The van der Waals surface area contributed by atoms with Gasteiger partial charge in [-0.1, -0.05) is 18.2 Å². The molecule has 0 saturated heterocycles. The Morgan fingerprint density at radius 2 is 1.71 bits per heavy atom. The predicted octanol–water partition coefficient (Wildman–Crippen LogP) is 6.65. The first kappa shape index (κ1) is 29.1. The Kier molecular flexibility index (Phi) is 9.36. The first-order chi connectivity index (χ1) is 20.4. The van der Waals surface area contributed by atoms with E-state index in [0.29, 0.717) is 53.1 Å². The second-order valence-corrected chi connectivity index (χ2v) is 10.6. The Morgan fingerprint density at radius 1 is 0.905 bits per heavy atom. The highest BCUT2D eigenvalue weighted by molar-refractivity contribution is 6.18. The lowest BCUT2D eigenvalue weighted by atomic mass is 10.1. The van der Waals surface area contributed by atoms with Crippen molar-refractivity contribution in [2.24, 2.45) is 0 Å². The first-order valence-corrected chi connectivity index (χ1v) is 14.6. The molecular formula is C32H30Cl2N6O2. The van der Waals surface area contributed by atoms with Crippen molar-refractivity contribution in [3.05, 3.63) is 102 Å². The molecule has 3 N–H and O–H groups in total. The van der Waals surface area contributed by atoms with E-state index >= 15 is 0 Å². The zero-order chi connectivity index (χ0) is 29.5. The summed E-state index contributed by atoms with van der Waals surface area (Å²) >= 11 is 11.9. The van der Waals surface area contributed by atoms with Gasteiger partial charge in [-0.25, -0.2) is 4.98 Å². The van der Waals surface area contributed by atoms with Crippen molar-refractivity contribution in [3.63, 3.8) is 0 Å². The van der Waals surface area contributed by atoms with E-state index in [2.05, 4.69) is 25.5 Å². The molecule has 3 aromatic carbocycles. The van der Waals surface area contributed by atoms with Crippen LogP contribution in [0.2, 0.25) is 0 Å². The van der Waals surface area contributed by atoms with Crippen molar-refractivity contribution in [3.8, 4) is 11.4 Å². The average Bonchev–Trinajstić information content (AvgIpc) is 3.42. The molecule has 2 aromatic heterocycles. The molecule has 0 aliphatic heterocycles. The fourth-order valence-corrected chi connectivity index (χ4v) is 5.18.